The number of hydrogen-bond donors (Lipinski definition) is 2. The smallest absolute Gasteiger partial charge is 0.287 e. The number of carbonyl (C=O) groups is 1. The average molecular weight is 323 g/mol. The zero-order valence-corrected chi connectivity index (χ0v) is 13.2. The van der Waals surface area contributed by atoms with Crippen molar-refractivity contribution in [1.82, 2.24) is 5.32 Å². The topological polar surface area (TPSA) is 62.5 Å². The number of benzene rings is 1. The van der Waals surface area contributed by atoms with Crippen LogP contribution >= 0.6 is 11.8 Å². The van der Waals surface area contributed by atoms with Crippen molar-refractivity contribution in [1.29, 1.82) is 0 Å². The maximum absolute atomic E-state index is 13.0. The third-order valence-electron chi connectivity index (χ3n) is 3.43. The minimum Gasteiger partial charge on any atom is -0.459 e. The maximum Gasteiger partial charge on any atom is 0.287 e. The van der Waals surface area contributed by atoms with Crippen LogP contribution in [-0.4, -0.2) is 35.2 Å². The number of aliphatic hydroxyl groups is 1. The standard InChI is InChI=1S/C16H18FNO3S/c1-10(14(9-19)22-2)18-16(20)15-13(7-8-21-15)11-3-5-12(17)6-4-11/h3-8,10,14,19H,9H2,1-2H3,(H,18,20). The van der Waals surface area contributed by atoms with Gasteiger partial charge in [0.15, 0.2) is 5.76 Å². The largest absolute Gasteiger partial charge is 0.459 e. The molecule has 0 bridgehead atoms. The number of hydrogen-bond acceptors (Lipinski definition) is 4. The van der Waals surface area contributed by atoms with Gasteiger partial charge in [-0.15, -0.1) is 0 Å². The van der Waals surface area contributed by atoms with E-state index in [0.29, 0.717) is 11.1 Å². The molecule has 2 atom stereocenters. The van der Waals surface area contributed by atoms with Crippen LogP contribution in [0.25, 0.3) is 11.1 Å². The van der Waals surface area contributed by atoms with E-state index in [4.69, 9.17) is 4.42 Å². The van der Waals surface area contributed by atoms with E-state index >= 15 is 0 Å². The number of thioether (sulfide) groups is 1. The van der Waals surface area contributed by atoms with Gasteiger partial charge < -0.3 is 14.8 Å². The van der Waals surface area contributed by atoms with Gasteiger partial charge in [0, 0.05) is 16.9 Å². The van der Waals surface area contributed by atoms with Gasteiger partial charge in [0.1, 0.15) is 5.82 Å². The normalized spacial score (nSPS) is 13.6. The van der Waals surface area contributed by atoms with Crippen molar-refractivity contribution < 1.29 is 18.7 Å². The van der Waals surface area contributed by atoms with Gasteiger partial charge in [-0.2, -0.15) is 11.8 Å². The summed E-state index contributed by atoms with van der Waals surface area (Å²) in [4.78, 5) is 12.3. The molecular weight excluding hydrogens is 305 g/mol. The van der Waals surface area contributed by atoms with Gasteiger partial charge in [-0.3, -0.25) is 4.79 Å². The quantitative estimate of drug-likeness (QED) is 0.858. The fraction of sp³-hybridized carbons (Fsp3) is 0.312. The molecule has 4 nitrogen and oxygen atoms in total. The number of furan rings is 1. The Hall–Kier alpha value is -1.79. The summed E-state index contributed by atoms with van der Waals surface area (Å²) in [5.74, 6) is -0.516. The van der Waals surface area contributed by atoms with E-state index < -0.39 is 0 Å². The number of rotatable bonds is 6. The highest BCUT2D eigenvalue weighted by Crippen LogP contribution is 2.25. The molecular formula is C16H18FNO3S. The highest BCUT2D eigenvalue weighted by Gasteiger charge is 2.22. The van der Waals surface area contributed by atoms with Gasteiger partial charge in [-0.1, -0.05) is 12.1 Å². The molecule has 0 saturated carbocycles. The third kappa shape index (κ3) is 3.69. The Labute approximate surface area is 132 Å². The molecule has 2 aromatic rings. The van der Waals surface area contributed by atoms with Crippen molar-refractivity contribution in [2.45, 2.75) is 18.2 Å². The zero-order chi connectivity index (χ0) is 16.1. The summed E-state index contributed by atoms with van der Waals surface area (Å²) < 4.78 is 18.3. The number of aliphatic hydroxyl groups excluding tert-OH is 1. The molecule has 1 heterocycles. The van der Waals surface area contributed by atoms with E-state index in [0.717, 1.165) is 0 Å². The Morgan fingerprint density at radius 3 is 2.64 bits per heavy atom. The van der Waals surface area contributed by atoms with Crippen molar-refractivity contribution in [2.24, 2.45) is 0 Å². The van der Waals surface area contributed by atoms with Gasteiger partial charge in [0.2, 0.25) is 0 Å². The zero-order valence-electron chi connectivity index (χ0n) is 12.4. The number of nitrogens with one attached hydrogen (secondary N) is 1. The summed E-state index contributed by atoms with van der Waals surface area (Å²) >= 11 is 1.48. The van der Waals surface area contributed by atoms with Crippen LogP contribution in [-0.2, 0) is 0 Å². The highest BCUT2D eigenvalue weighted by atomic mass is 32.2. The average Bonchev–Trinajstić information content (AvgIpc) is 2.98. The SMILES string of the molecule is CSC(CO)C(C)NC(=O)c1occc1-c1ccc(F)cc1. The molecule has 0 aliphatic rings. The Morgan fingerprint density at radius 1 is 1.36 bits per heavy atom. The molecule has 118 valence electrons. The lowest BCUT2D eigenvalue weighted by Gasteiger charge is -2.20. The third-order valence-corrected chi connectivity index (χ3v) is 4.59. The van der Waals surface area contributed by atoms with Crippen LogP contribution in [0.2, 0.25) is 0 Å². The molecule has 0 fully saturated rings. The molecule has 1 aromatic heterocycles. The lowest BCUT2D eigenvalue weighted by molar-refractivity contribution is 0.0909. The molecule has 0 radical (unpaired) electrons. The summed E-state index contributed by atoms with van der Waals surface area (Å²) in [6.07, 6.45) is 3.30. The van der Waals surface area contributed by atoms with E-state index in [2.05, 4.69) is 5.32 Å². The summed E-state index contributed by atoms with van der Waals surface area (Å²) in [7, 11) is 0. The molecule has 0 saturated heterocycles. The number of halogens is 1. The molecule has 1 amide bonds. The number of amides is 1. The monoisotopic (exact) mass is 323 g/mol. The lowest BCUT2D eigenvalue weighted by Crippen LogP contribution is -2.41. The van der Waals surface area contributed by atoms with Crippen LogP contribution in [0.1, 0.15) is 17.5 Å². The minimum atomic E-state index is -0.357. The molecule has 1 aromatic carbocycles. The summed E-state index contributed by atoms with van der Waals surface area (Å²) in [5.41, 5.74) is 1.31. The van der Waals surface area contributed by atoms with Gasteiger partial charge in [-0.25, -0.2) is 4.39 Å². The molecule has 22 heavy (non-hydrogen) atoms. The van der Waals surface area contributed by atoms with Crippen LogP contribution in [0, 0.1) is 5.82 Å². The predicted molar refractivity (Wildman–Crippen MR) is 85.4 cm³/mol. The Morgan fingerprint density at radius 2 is 2.05 bits per heavy atom. The second-order valence-electron chi connectivity index (χ2n) is 4.89. The fourth-order valence-electron chi connectivity index (χ4n) is 2.14. The summed E-state index contributed by atoms with van der Waals surface area (Å²) in [6.45, 7) is 1.81. The molecule has 2 rings (SSSR count). The van der Waals surface area contributed by atoms with Crippen LogP contribution in [0.15, 0.2) is 41.0 Å². The molecule has 0 spiro atoms. The molecule has 0 aliphatic carbocycles. The van der Waals surface area contributed by atoms with Crippen molar-refractivity contribution in [2.75, 3.05) is 12.9 Å². The van der Waals surface area contributed by atoms with E-state index in [1.54, 1.807) is 18.2 Å². The van der Waals surface area contributed by atoms with Crippen molar-refractivity contribution in [3.8, 4) is 11.1 Å². The van der Waals surface area contributed by atoms with Crippen LogP contribution in [0.4, 0.5) is 4.39 Å². The van der Waals surface area contributed by atoms with E-state index in [1.165, 1.54) is 30.2 Å². The van der Waals surface area contributed by atoms with Crippen molar-refractivity contribution >= 4 is 17.7 Å². The fourth-order valence-corrected chi connectivity index (χ4v) is 2.77. The number of carbonyl (C=O) groups excluding carboxylic acids is 1. The van der Waals surface area contributed by atoms with E-state index in [-0.39, 0.29) is 35.4 Å². The van der Waals surface area contributed by atoms with Gasteiger partial charge in [-0.05, 0) is 36.9 Å². The summed E-state index contributed by atoms with van der Waals surface area (Å²) in [5, 5.41) is 12.0. The lowest BCUT2D eigenvalue weighted by atomic mass is 10.1. The first kappa shape index (κ1) is 16.6. The first-order valence-electron chi connectivity index (χ1n) is 6.84. The second-order valence-corrected chi connectivity index (χ2v) is 5.97. The molecule has 6 heteroatoms. The van der Waals surface area contributed by atoms with Gasteiger partial charge in [0.05, 0.1) is 12.9 Å². The Balaban J connectivity index is 2.18. The van der Waals surface area contributed by atoms with Gasteiger partial charge >= 0.3 is 0 Å². The highest BCUT2D eigenvalue weighted by molar-refractivity contribution is 7.99. The first-order valence-corrected chi connectivity index (χ1v) is 8.13. The second kappa shape index (κ2) is 7.47. The van der Waals surface area contributed by atoms with Crippen molar-refractivity contribution in [3.05, 3.63) is 48.2 Å². The van der Waals surface area contributed by atoms with Crippen LogP contribution in [0.3, 0.4) is 0 Å². The Kier molecular flexibility index (Phi) is 5.63. The maximum atomic E-state index is 13.0. The molecule has 0 aliphatic heterocycles. The van der Waals surface area contributed by atoms with Crippen LogP contribution < -0.4 is 5.32 Å². The van der Waals surface area contributed by atoms with Crippen LogP contribution in [0.5, 0.6) is 0 Å². The Bertz CT molecular complexity index is 623. The van der Waals surface area contributed by atoms with Crippen molar-refractivity contribution in [3.63, 3.8) is 0 Å². The summed E-state index contributed by atoms with van der Waals surface area (Å²) in [6, 6.07) is 7.33. The molecule has 2 unspecified atom stereocenters. The first-order chi connectivity index (χ1) is 10.6. The van der Waals surface area contributed by atoms with Gasteiger partial charge in [0.25, 0.3) is 5.91 Å². The van der Waals surface area contributed by atoms with E-state index in [1.807, 2.05) is 13.2 Å². The predicted octanol–water partition coefficient (Wildman–Crippen LogP) is 2.93. The minimum absolute atomic E-state index is 0.0222. The van der Waals surface area contributed by atoms with E-state index in [9.17, 15) is 14.3 Å². The molecule has 2 N–H and O–H groups in total.